The normalized spacial score (nSPS) is 18.6. The number of rotatable bonds is 1. The van der Waals surface area contributed by atoms with Crippen molar-refractivity contribution < 1.29 is 13.2 Å². The Morgan fingerprint density at radius 3 is 2.81 bits per heavy atom. The molecular weight excluding hydrogens is 301 g/mol. The average molecular weight is 315 g/mol. The van der Waals surface area contributed by atoms with Gasteiger partial charge in [-0.1, -0.05) is 30.7 Å². The van der Waals surface area contributed by atoms with Gasteiger partial charge in [0, 0.05) is 12.1 Å². The first-order chi connectivity index (χ1) is 9.86. The molecule has 1 aromatic heterocycles. The first kappa shape index (κ1) is 14.4. The zero-order chi connectivity index (χ0) is 15.2. The van der Waals surface area contributed by atoms with E-state index in [2.05, 4.69) is 11.9 Å². The first-order valence-electron chi connectivity index (χ1n) is 6.79. The zero-order valence-electron chi connectivity index (χ0n) is 11.4. The van der Waals surface area contributed by atoms with Crippen molar-refractivity contribution in [1.29, 1.82) is 0 Å². The summed E-state index contributed by atoms with van der Waals surface area (Å²) in [7, 11) is 0. The van der Waals surface area contributed by atoms with Gasteiger partial charge in [-0.15, -0.1) is 0 Å². The van der Waals surface area contributed by atoms with Gasteiger partial charge in [0.2, 0.25) is 0 Å². The maximum Gasteiger partial charge on any atom is 0.416 e. The summed E-state index contributed by atoms with van der Waals surface area (Å²) in [5.41, 5.74) is 0.701. The molecule has 2 heterocycles. The molecule has 1 atom stereocenters. The Morgan fingerprint density at radius 2 is 2.10 bits per heavy atom. The van der Waals surface area contributed by atoms with Crippen molar-refractivity contribution in [3.8, 4) is 11.4 Å². The van der Waals surface area contributed by atoms with Crippen LogP contribution in [0.25, 0.3) is 11.4 Å². The van der Waals surface area contributed by atoms with Crippen molar-refractivity contribution in [2.75, 3.05) is 0 Å². The molecule has 1 aliphatic heterocycles. The van der Waals surface area contributed by atoms with Gasteiger partial charge >= 0.3 is 6.18 Å². The molecule has 0 amide bonds. The maximum atomic E-state index is 12.8. The van der Waals surface area contributed by atoms with E-state index in [9.17, 15) is 13.2 Å². The van der Waals surface area contributed by atoms with Crippen LogP contribution in [0.5, 0.6) is 0 Å². The standard InChI is InChI=1S/C15H14ClF3N2/c1-9-5-6-12-13(16)20-14(21(12)8-9)10-3-2-4-11(7-10)15(17,18)19/h2-4,7,9H,5-6,8H2,1H3. The highest BCUT2D eigenvalue weighted by Crippen LogP contribution is 2.35. The largest absolute Gasteiger partial charge is 0.416 e. The molecular formula is C15H14ClF3N2. The molecule has 0 fully saturated rings. The number of alkyl halides is 3. The Kier molecular flexibility index (Phi) is 3.48. The fourth-order valence-corrected chi connectivity index (χ4v) is 3.01. The van der Waals surface area contributed by atoms with Crippen LogP contribution in [0.1, 0.15) is 24.6 Å². The second-order valence-corrected chi connectivity index (χ2v) is 5.86. The second kappa shape index (κ2) is 5.05. The molecule has 6 heteroatoms. The molecule has 0 radical (unpaired) electrons. The van der Waals surface area contributed by atoms with Gasteiger partial charge in [0.25, 0.3) is 0 Å². The smallest absolute Gasteiger partial charge is 0.326 e. The molecule has 0 saturated heterocycles. The molecule has 3 rings (SSSR count). The fourth-order valence-electron chi connectivity index (χ4n) is 2.73. The van der Waals surface area contributed by atoms with Crippen LogP contribution in [-0.4, -0.2) is 9.55 Å². The number of halogens is 4. The van der Waals surface area contributed by atoms with E-state index in [4.69, 9.17) is 11.6 Å². The lowest BCUT2D eigenvalue weighted by Gasteiger charge is -2.22. The van der Waals surface area contributed by atoms with Gasteiger partial charge < -0.3 is 4.57 Å². The molecule has 0 saturated carbocycles. The summed E-state index contributed by atoms with van der Waals surface area (Å²) >= 11 is 6.14. The van der Waals surface area contributed by atoms with Gasteiger partial charge in [-0.2, -0.15) is 13.2 Å². The van der Waals surface area contributed by atoms with Crippen molar-refractivity contribution in [1.82, 2.24) is 9.55 Å². The number of aromatic nitrogens is 2. The first-order valence-corrected chi connectivity index (χ1v) is 7.16. The Balaban J connectivity index is 2.10. The molecule has 1 unspecified atom stereocenters. The number of nitrogens with zero attached hydrogens (tertiary/aromatic N) is 2. The van der Waals surface area contributed by atoms with E-state index in [1.165, 1.54) is 6.07 Å². The number of hydrogen-bond acceptors (Lipinski definition) is 1. The molecule has 2 nitrogen and oxygen atoms in total. The summed E-state index contributed by atoms with van der Waals surface area (Å²) in [6.07, 6.45) is -2.52. The summed E-state index contributed by atoms with van der Waals surface area (Å²) in [5.74, 6) is 0.986. The second-order valence-electron chi connectivity index (χ2n) is 5.51. The predicted octanol–water partition coefficient (Wildman–Crippen LogP) is 4.80. The van der Waals surface area contributed by atoms with Crippen LogP contribution in [0.15, 0.2) is 24.3 Å². The van der Waals surface area contributed by atoms with E-state index >= 15 is 0 Å². The van der Waals surface area contributed by atoms with Crippen LogP contribution in [-0.2, 0) is 19.1 Å². The van der Waals surface area contributed by atoms with Crippen molar-refractivity contribution in [2.24, 2.45) is 5.92 Å². The number of fused-ring (bicyclic) bond motifs is 1. The van der Waals surface area contributed by atoms with Gasteiger partial charge in [-0.05, 0) is 30.9 Å². The number of benzene rings is 1. The quantitative estimate of drug-likeness (QED) is 0.739. The van der Waals surface area contributed by atoms with Crippen molar-refractivity contribution >= 4 is 11.6 Å². The third-order valence-corrected chi connectivity index (χ3v) is 4.14. The van der Waals surface area contributed by atoms with Gasteiger partial charge in [0.1, 0.15) is 5.82 Å². The molecule has 112 valence electrons. The summed E-state index contributed by atoms with van der Waals surface area (Å²) in [6.45, 7) is 2.85. The van der Waals surface area contributed by atoms with Gasteiger partial charge in [0.05, 0.1) is 11.3 Å². The number of imidazole rings is 1. The lowest BCUT2D eigenvalue weighted by atomic mass is 10.00. The minimum Gasteiger partial charge on any atom is -0.326 e. The average Bonchev–Trinajstić information content (AvgIpc) is 2.75. The van der Waals surface area contributed by atoms with Crippen LogP contribution in [0, 0.1) is 5.92 Å². The number of hydrogen-bond donors (Lipinski definition) is 0. The van der Waals surface area contributed by atoms with Gasteiger partial charge in [-0.25, -0.2) is 4.98 Å². The van der Waals surface area contributed by atoms with E-state index in [0.29, 0.717) is 22.5 Å². The van der Waals surface area contributed by atoms with Crippen LogP contribution < -0.4 is 0 Å². The maximum absolute atomic E-state index is 12.8. The molecule has 1 aromatic carbocycles. The highest BCUT2D eigenvalue weighted by Gasteiger charge is 2.31. The Labute approximate surface area is 125 Å². The van der Waals surface area contributed by atoms with Crippen LogP contribution in [0.4, 0.5) is 13.2 Å². The van der Waals surface area contributed by atoms with Gasteiger partial charge in [0.15, 0.2) is 5.15 Å². The van der Waals surface area contributed by atoms with E-state index in [1.807, 2.05) is 4.57 Å². The third kappa shape index (κ3) is 2.67. The molecule has 0 N–H and O–H groups in total. The van der Waals surface area contributed by atoms with E-state index in [1.54, 1.807) is 6.07 Å². The minimum absolute atomic E-state index is 0.398. The Hall–Kier alpha value is -1.49. The molecule has 2 aromatic rings. The van der Waals surface area contributed by atoms with Crippen molar-refractivity contribution in [3.63, 3.8) is 0 Å². The van der Waals surface area contributed by atoms with Crippen molar-refractivity contribution in [3.05, 3.63) is 40.7 Å². The Bertz CT molecular complexity index is 676. The molecule has 21 heavy (non-hydrogen) atoms. The molecule has 0 aliphatic carbocycles. The topological polar surface area (TPSA) is 17.8 Å². The lowest BCUT2D eigenvalue weighted by Crippen LogP contribution is -2.18. The summed E-state index contributed by atoms with van der Waals surface area (Å²) in [6, 6.07) is 5.24. The molecule has 1 aliphatic rings. The Morgan fingerprint density at radius 1 is 1.33 bits per heavy atom. The van der Waals surface area contributed by atoms with Gasteiger partial charge in [-0.3, -0.25) is 0 Å². The predicted molar refractivity (Wildman–Crippen MR) is 75.2 cm³/mol. The summed E-state index contributed by atoms with van der Waals surface area (Å²) in [5, 5.41) is 0.398. The van der Waals surface area contributed by atoms with Crippen LogP contribution in [0.3, 0.4) is 0 Å². The SMILES string of the molecule is CC1CCc2c(Cl)nc(-c3cccc(C(F)(F)F)c3)n2C1. The zero-order valence-corrected chi connectivity index (χ0v) is 12.2. The van der Waals surface area contributed by atoms with E-state index < -0.39 is 11.7 Å². The summed E-state index contributed by atoms with van der Waals surface area (Å²) < 4.78 is 40.5. The highest BCUT2D eigenvalue weighted by molar-refractivity contribution is 6.30. The lowest BCUT2D eigenvalue weighted by molar-refractivity contribution is -0.137. The monoisotopic (exact) mass is 314 g/mol. The summed E-state index contributed by atoms with van der Waals surface area (Å²) in [4.78, 5) is 4.28. The molecule has 0 bridgehead atoms. The van der Waals surface area contributed by atoms with E-state index in [-0.39, 0.29) is 0 Å². The van der Waals surface area contributed by atoms with Crippen LogP contribution >= 0.6 is 11.6 Å². The molecule has 0 spiro atoms. The fraction of sp³-hybridized carbons (Fsp3) is 0.400. The highest BCUT2D eigenvalue weighted by atomic mass is 35.5. The van der Waals surface area contributed by atoms with E-state index in [0.717, 1.165) is 37.2 Å². The minimum atomic E-state index is -4.36. The van der Waals surface area contributed by atoms with Crippen molar-refractivity contribution in [2.45, 2.75) is 32.5 Å². The van der Waals surface area contributed by atoms with Crippen LogP contribution in [0.2, 0.25) is 5.15 Å². The third-order valence-electron chi connectivity index (χ3n) is 3.84.